The quantitative estimate of drug-likeness (QED) is 0.740. The van der Waals surface area contributed by atoms with E-state index in [0.29, 0.717) is 28.8 Å². The number of nitrogens with zero attached hydrogens (tertiary/aromatic N) is 1. The fourth-order valence-electron chi connectivity index (χ4n) is 1.84. The van der Waals surface area contributed by atoms with Crippen LogP contribution in [0.25, 0.3) is 0 Å². The summed E-state index contributed by atoms with van der Waals surface area (Å²) in [7, 11) is -2.96. The Labute approximate surface area is 145 Å². The van der Waals surface area contributed by atoms with Crippen LogP contribution in [0.1, 0.15) is 6.42 Å². The van der Waals surface area contributed by atoms with Crippen molar-refractivity contribution in [3.63, 3.8) is 0 Å². The van der Waals surface area contributed by atoms with Crippen molar-refractivity contribution >= 4 is 38.7 Å². The highest BCUT2D eigenvalue weighted by molar-refractivity contribution is 7.90. The van der Waals surface area contributed by atoms with E-state index in [1.807, 2.05) is 18.2 Å². The first-order chi connectivity index (χ1) is 10.8. The molecule has 1 N–H and O–H groups in total. The SMILES string of the molecule is CS(=O)(=O)CCCNc1ccccc1Oc1ncc(Cl)cc1Cl. The van der Waals surface area contributed by atoms with Crippen LogP contribution in [0.2, 0.25) is 10.0 Å². The summed E-state index contributed by atoms with van der Waals surface area (Å²) in [6.45, 7) is 0.509. The predicted octanol–water partition coefficient (Wildman–Crippen LogP) is 4.03. The molecule has 1 heterocycles. The lowest BCUT2D eigenvalue weighted by Gasteiger charge is -2.13. The van der Waals surface area contributed by atoms with E-state index < -0.39 is 9.84 Å². The summed E-state index contributed by atoms with van der Waals surface area (Å²) in [5.74, 6) is 0.929. The normalized spacial score (nSPS) is 11.3. The van der Waals surface area contributed by atoms with Crippen molar-refractivity contribution in [2.75, 3.05) is 23.9 Å². The van der Waals surface area contributed by atoms with Gasteiger partial charge in [0.2, 0.25) is 5.88 Å². The van der Waals surface area contributed by atoms with Crippen LogP contribution < -0.4 is 10.1 Å². The molecule has 0 atom stereocenters. The molecule has 2 aromatic rings. The molecule has 0 aliphatic rings. The second-order valence-electron chi connectivity index (χ2n) is 4.95. The molecular formula is C15H16Cl2N2O3S. The van der Waals surface area contributed by atoms with Crippen molar-refractivity contribution in [1.29, 1.82) is 0 Å². The molecule has 0 saturated carbocycles. The molecule has 0 bridgehead atoms. The van der Waals surface area contributed by atoms with Gasteiger partial charge in [-0.1, -0.05) is 35.3 Å². The fraction of sp³-hybridized carbons (Fsp3) is 0.267. The molecule has 8 heteroatoms. The Bertz CT molecular complexity index is 782. The average Bonchev–Trinajstić information content (AvgIpc) is 2.47. The van der Waals surface area contributed by atoms with Crippen molar-refractivity contribution < 1.29 is 13.2 Å². The minimum atomic E-state index is -2.96. The molecule has 0 aliphatic heterocycles. The van der Waals surface area contributed by atoms with Gasteiger partial charge < -0.3 is 10.1 Å². The number of hydrogen-bond donors (Lipinski definition) is 1. The van der Waals surface area contributed by atoms with Crippen molar-refractivity contribution in [1.82, 2.24) is 4.98 Å². The molecule has 0 spiro atoms. The van der Waals surface area contributed by atoms with Gasteiger partial charge >= 0.3 is 0 Å². The number of ether oxygens (including phenoxy) is 1. The van der Waals surface area contributed by atoms with Crippen molar-refractivity contribution in [3.8, 4) is 11.6 Å². The summed E-state index contributed by atoms with van der Waals surface area (Å²) in [5, 5.41) is 3.89. The highest BCUT2D eigenvalue weighted by Gasteiger charge is 2.09. The number of para-hydroxylation sites is 2. The fourth-order valence-corrected chi connectivity index (χ4v) is 2.93. The highest BCUT2D eigenvalue weighted by Crippen LogP contribution is 2.33. The zero-order chi connectivity index (χ0) is 16.9. The molecule has 23 heavy (non-hydrogen) atoms. The summed E-state index contributed by atoms with van der Waals surface area (Å²) in [5.41, 5.74) is 0.730. The van der Waals surface area contributed by atoms with Gasteiger partial charge in [-0.15, -0.1) is 0 Å². The van der Waals surface area contributed by atoms with Crippen molar-refractivity contribution in [2.24, 2.45) is 0 Å². The predicted molar refractivity (Wildman–Crippen MR) is 93.6 cm³/mol. The smallest absolute Gasteiger partial charge is 0.238 e. The molecule has 0 radical (unpaired) electrons. The van der Waals surface area contributed by atoms with Crippen LogP contribution in [0.4, 0.5) is 5.69 Å². The standard InChI is InChI=1S/C15H16Cl2N2O3S/c1-23(20,21)8-4-7-18-13-5-2-3-6-14(13)22-15-12(17)9-11(16)10-19-15/h2-3,5-6,9-10,18H,4,7-8H2,1H3. The third-order valence-electron chi connectivity index (χ3n) is 2.88. The number of halogens is 2. The molecule has 0 amide bonds. The van der Waals surface area contributed by atoms with Gasteiger partial charge in [-0.2, -0.15) is 0 Å². The second-order valence-corrected chi connectivity index (χ2v) is 8.05. The van der Waals surface area contributed by atoms with Crippen LogP contribution in [0.5, 0.6) is 11.6 Å². The van der Waals surface area contributed by atoms with E-state index in [-0.39, 0.29) is 11.6 Å². The van der Waals surface area contributed by atoms with Crippen molar-refractivity contribution in [2.45, 2.75) is 6.42 Å². The maximum atomic E-state index is 11.1. The van der Waals surface area contributed by atoms with E-state index in [1.165, 1.54) is 12.5 Å². The maximum absolute atomic E-state index is 11.1. The first kappa shape index (κ1) is 17.8. The number of pyridine rings is 1. The van der Waals surface area contributed by atoms with E-state index in [0.717, 1.165) is 5.69 Å². The van der Waals surface area contributed by atoms with Gasteiger partial charge in [0, 0.05) is 19.0 Å². The summed E-state index contributed by atoms with van der Waals surface area (Å²) in [4.78, 5) is 4.05. The summed E-state index contributed by atoms with van der Waals surface area (Å²) in [6, 6.07) is 8.82. The average molecular weight is 375 g/mol. The number of sulfone groups is 1. The van der Waals surface area contributed by atoms with Crippen LogP contribution >= 0.6 is 23.2 Å². The minimum Gasteiger partial charge on any atom is -0.435 e. The van der Waals surface area contributed by atoms with Gasteiger partial charge in [-0.3, -0.25) is 0 Å². The molecule has 2 rings (SSSR count). The largest absolute Gasteiger partial charge is 0.435 e. The lowest BCUT2D eigenvalue weighted by atomic mass is 10.3. The van der Waals surface area contributed by atoms with Crippen LogP contribution in [-0.4, -0.2) is 32.0 Å². The van der Waals surface area contributed by atoms with Crippen LogP contribution in [0.15, 0.2) is 36.5 Å². The highest BCUT2D eigenvalue weighted by atomic mass is 35.5. The number of hydrogen-bond acceptors (Lipinski definition) is 5. The number of rotatable bonds is 7. The zero-order valence-electron chi connectivity index (χ0n) is 12.4. The maximum Gasteiger partial charge on any atom is 0.238 e. The van der Waals surface area contributed by atoms with E-state index in [9.17, 15) is 8.42 Å². The number of benzene rings is 1. The lowest BCUT2D eigenvalue weighted by Crippen LogP contribution is -2.10. The Kier molecular flexibility index (Phi) is 6.10. The van der Waals surface area contributed by atoms with E-state index in [1.54, 1.807) is 12.1 Å². The Morgan fingerprint density at radius 3 is 2.70 bits per heavy atom. The first-order valence-electron chi connectivity index (χ1n) is 6.85. The van der Waals surface area contributed by atoms with E-state index in [2.05, 4.69) is 10.3 Å². The third-order valence-corrected chi connectivity index (χ3v) is 4.38. The van der Waals surface area contributed by atoms with Crippen molar-refractivity contribution in [3.05, 3.63) is 46.6 Å². The summed E-state index contributed by atoms with van der Waals surface area (Å²) in [6.07, 6.45) is 3.18. The van der Waals surface area contributed by atoms with Crippen LogP contribution in [0.3, 0.4) is 0 Å². The van der Waals surface area contributed by atoms with Gasteiger partial charge in [-0.25, -0.2) is 13.4 Å². The molecule has 0 fully saturated rings. The molecular weight excluding hydrogens is 359 g/mol. The molecule has 1 aromatic carbocycles. The number of nitrogens with one attached hydrogen (secondary N) is 1. The van der Waals surface area contributed by atoms with Gasteiger partial charge in [0.25, 0.3) is 0 Å². The molecule has 5 nitrogen and oxygen atoms in total. The second kappa shape index (κ2) is 7.86. The van der Waals surface area contributed by atoms with E-state index >= 15 is 0 Å². The lowest BCUT2D eigenvalue weighted by molar-refractivity contribution is 0.465. The summed E-state index contributed by atoms with van der Waals surface area (Å²) < 4.78 is 28.0. The molecule has 0 unspecified atom stereocenters. The Balaban J connectivity index is 2.05. The molecule has 1 aromatic heterocycles. The Hall–Kier alpha value is -1.50. The molecule has 0 saturated heterocycles. The topological polar surface area (TPSA) is 68.3 Å². The zero-order valence-corrected chi connectivity index (χ0v) is 14.7. The number of aromatic nitrogens is 1. The summed E-state index contributed by atoms with van der Waals surface area (Å²) >= 11 is 11.9. The molecule has 124 valence electrons. The number of anilines is 1. The monoisotopic (exact) mass is 374 g/mol. The Morgan fingerprint density at radius 1 is 1.26 bits per heavy atom. The first-order valence-corrected chi connectivity index (χ1v) is 9.66. The van der Waals surface area contributed by atoms with Gasteiger partial charge in [0.05, 0.1) is 16.5 Å². The molecule has 0 aliphatic carbocycles. The van der Waals surface area contributed by atoms with Gasteiger partial charge in [-0.05, 0) is 24.6 Å². The van der Waals surface area contributed by atoms with Gasteiger partial charge in [0.1, 0.15) is 14.9 Å². The van der Waals surface area contributed by atoms with Crippen LogP contribution in [-0.2, 0) is 9.84 Å². The van der Waals surface area contributed by atoms with Gasteiger partial charge in [0.15, 0.2) is 5.75 Å². The third kappa shape index (κ3) is 5.89. The minimum absolute atomic E-state index is 0.133. The van der Waals surface area contributed by atoms with E-state index in [4.69, 9.17) is 27.9 Å². The Morgan fingerprint density at radius 2 is 2.00 bits per heavy atom. The van der Waals surface area contributed by atoms with Crippen LogP contribution in [0, 0.1) is 0 Å².